The van der Waals surface area contributed by atoms with Gasteiger partial charge in [-0.25, -0.2) is 4.98 Å². The number of hydrogen-bond donors (Lipinski definition) is 0. The topological polar surface area (TPSA) is 57.9 Å². The average Bonchev–Trinajstić information content (AvgIpc) is 3.44. The van der Waals surface area contributed by atoms with Crippen LogP contribution in [0.4, 0.5) is 0 Å². The van der Waals surface area contributed by atoms with E-state index in [-0.39, 0.29) is 17.2 Å². The first-order valence-electron chi connectivity index (χ1n) is 11.2. The zero-order valence-corrected chi connectivity index (χ0v) is 17.7. The van der Waals surface area contributed by atoms with Gasteiger partial charge in [-0.3, -0.25) is 9.59 Å². The molecule has 0 radical (unpaired) electrons. The number of amides is 2. The summed E-state index contributed by atoms with van der Waals surface area (Å²) in [7, 11) is 0. The fourth-order valence-corrected chi connectivity index (χ4v) is 5.08. The van der Waals surface area contributed by atoms with E-state index in [9.17, 15) is 9.59 Å². The number of carbonyl (C=O) groups excluding carboxylic acids is 2. The summed E-state index contributed by atoms with van der Waals surface area (Å²) in [5, 5.41) is 0. The van der Waals surface area contributed by atoms with Crippen molar-refractivity contribution in [3.8, 4) is 0 Å². The third-order valence-electron chi connectivity index (χ3n) is 6.92. The molecule has 6 heteroatoms. The number of likely N-dealkylation sites (tertiary alicyclic amines) is 2. The molecule has 0 spiro atoms. The minimum atomic E-state index is -0.199. The van der Waals surface area contributed by atoms with Crippen molar-refractivity contribution >= 4 is 17.5 Å². The van der Waals surface area contributed by atoms with Crippen LogP contribution >= 0.6 is 0 Å². The molecule has 3 aromatic rings. The lowest BCUT2D eigenvalue weighted by molar-refractivity contribution is -0.134. The second kappa shape index (κ2) is 8.17. The van der Waals surface area contributed by atoms with Gasteiger partial charge in [-0.15, -0.1) is 0 Å². The minimum Gasteiger partial charge on any atom is -0.343 e. The van der Waals surface area contributed by atoms with Gasteiger partial charge >= 0.3 is 0 Å². The lowest BCUT2D eigenvalue weighted by atomic mass is 9.70. The van der Waals surface area contributed by atoms with Crippen LogP contribution < -0.4 is 0 Å². The van der Waals surface area contributed by atoms with Crippen LogP contribution in [0.3, 0.4) is 0 Å². The highest BCUT2D eigenvalue weighted by Crippen LogP contribution is 2.41. The van der Waals surface area contributed by atoms with Gasteiger partial charge < -0.3 is 14.2 Å². The number of aromatic nitrogens is 2. The molecule has 4 heterocycles. The Morgan fingerprint density at radius 2 is 1.77 bits per heavy atom. The van der Waals surface area contributed by atoms with Crippen molar-refractivity contribution in [2.24, 2.45) is 0 Å². The molecule has 0 saturated carbocycles. The van der Waals surface area contributed by atoms with Gasteiger partial charge in [0.15, 0.2) is 0 Å². The maximum absolute atomic E-state index is 12.9. The lowest BCUT2D eigenvalue weighted by Crippen LogP contribution is -2.46. The molecule has 160 valence electrons. The zero-order valence-electron chi connectivity index (χ0n) is 17.7. The Morgan fingerprint density at radius 1 is 1.00 bits per heavy atom. The molecule has 31 heavy (non-hydrogen) atoms. The molecule has 2 aliphatic heterocycles. The van der Waals surface area contributed by atoms with E-state index < -0.39 is 0 Å². The fourth-order valence-electron chi connectivity index (χ4n) is 5.08. The Bertz CT molecular complexity index is 1050. The summed E-state index contributed by atoms with van der Waals surface area (Å²) in [6.07, 6.45) is 7.80. The van der Waals surface area contributed by atoms with Crippen molar-refractivity contribution in [2.45, 2.75) is 37.5 Å². The Kier molecular flexibility index (Phi) is 5.22. The van der Waals surface area contributed by atoms with Crippen LogP contribution in [-0.2, 0) is 15.0 Å². The molecule has 5 rings (SSSR count). The van der Waals surface area contributed by atoms with Crippen molar-refractivity contribution < 1.29 is 9.59 Å². The number of benzene rings is 1. The number of rotatable bonds is 5. The van der Waals surface area contributed by atoms with E-state index in [4.69, 9.17) is 4.98 Å². The van der Waals surface area contributed by atoms with Crippen LogP contribution in [-0.4, -0.2) is 57.2 Å². The molecule has 0 bridgehead atoms. The van der Waals surface area contributed by atoms with Crippen molar-refractivity contribution in [3.05, 3.63) is 72.2 Å². The van der Waals surface area contributed by atoms with Crippen LogP contribution in [0.15, 0.2) is 60.9 Å². The Balaban J connectivity index is 1.35. The second-order valence-corrected chi connectivity index (χ2v) is 8.66. The molecule has 0 unspecified atom stereocenters. The van der Waals surface area contributed by atoms with Crippen LogP contribution in [0.25, 0.3) is 5.65 Å². The van der Waals surface area contributed by atoms with Gasteiger partial charge in [0.25, 0.3) is 0 Å². The molecule has 0 N–H and O–H groups in total. The predicted molar refractivity (Wildman–Crippen MR) is 119 cm³/mol. The van der Waals surface area contributed by atoms with Crippen LogP contribution in [0.1, 0.15) is 43.4 Å². The zero-order chi connectivity index (χ0) is 21.3. The minimum absolute atomic E-state index is 0.149. The number of pyridine rings is 1. The van der Waals surface area contributed by atoms with Gasteiger partial charge in [-0.05, 0) is 37.0 Å². The number of piperidine rings is 1. The largest absolute Gasteiger partial charge is 0.343 e. The quantitative estimate of drug-likeness (QED) is 0.642. The predicted octanol–water partition coefficient (Wildman–Crippen LogP) is 3.26. The van der Waals surface area contributed by atoms with Crippen LogP contribution in [0, 0.1) is 0 Å². The van der Waals surface area contributed by atoms with Gasteiger partial charge in [0, 0.05) is 56.8 Å². The molecule has 2 aliphatic rings. The Morgan fingerprint density at radius 3 is 2.48 bits per heavy atom. The summed E-state index contributed by atoms with van der Waals surface area (Å²) in [4.78, 5) is 33.4. The lowest BCUT2D eigenvalue weighted by Gasteiger charge is -2.41. The first kappa shape index (κ1) is 19.8. The van der Waals surface area contributed by atoms with Gasteiger partial charge in [-0.2, -0.15) is 0 Å². The maximum Gasteiger partial charge on any atom is 0.224 e. The number of imidazole rings is 1. The van der Waals surface area contributed by atoms with E-state index in [2.05, 4.69) is 34.9 Å². The smallest absolute Gasteiger partial charge is 0.224 e. The van der Waals surface area contributed by atoms with E-state index in [0.29, 0.717) is 32.5 Å². The standard InChI is InChI=1S/C25H28N4O2/c30-23-10-6-15-27(23)16-11-24(31)28-17-12-25(13-18-28,20-7-2-1-3-8-20)21-19-29-14-5-4-9-22(29)26-21/h1-5,7-9,14,19H,6,10-13,15-18H2. The summed E-state index contributed by atoms with van der Waals surface area (Å²) in [5.41, 5.74) is 3.07. The van der Waals surface area contributed by atoms with Gasteiger partial charge in [0.2, 0.25) is 11.8 Å². The monoisotopic (exact) mass is 416 g/mol. The SMILES string of the molecule is O=C1CCCN1CCC(=O)N1CCC(c2ccccc2)(c2cn3ccccc3n2)CC1. The van der Waals surface area contributed by atoms with Crippen molar-refractivity contribution in [1.82, 2.24) is 19.2 Å². The first-order valence-corrected chi connectivity index (χ1v) is 11.2. The number of carbonyl (C=O) groups is 2. The summed E-state index contributed by atoms with van der Waals surface area (Å²) < 4.78 is 2.07. The van der Waals surface area contributed by atoms with E-state index >= 15 is 0 Å². The number of fused-ring (bicyclic) bond motifs is 1. The average molecular weight is 417 g/mol. The molecule has 0 aliphatic carbocycles. The molecular formula is C25H28N4O2. The molecule has 2 amide bonds. The van der Waals surface area contributed by atoms with Crippen LogP contribution in [0.2, 0.25) is 0 Å². The summed E-state index contributed by atoms with van der Waals surface area (Å²) in [5.74, 6) is 0.331. The van der Waals surface area contributed by atoms with E-state index in [1.54, 1.807) is 0 Å². The summed E-state index contributed by atoms with van der Waals surface area (Å²) in [6, 6.07) is 16.6. The van der Waals surface area contributed by atoms with E-state index in [1.807, 2.05) is 40.3 Å². The molecule has 2 fully saturated rings. The fraction of sp³-hybridized carbons (Fsp3) is 0.400. The summed E-state index contributed by atoms with van der Waals surface area (Å²) in [6.45, 7) is 2.74. The van der Waals surface area contributed by atoms with Gasteiger partial charge in [0.05, 0.1) is 5.69 Å². The van der Waals surface area contributed by atoms with Gasteiger partial charge in [0.1, 0.15) is 5.65 Å². The third kappa shape index (κ3) is 3.71. The second-order valence-electron chi connectivity index (χ2n) is 8.66. The van der Waals surface area contributed by atoms with Gasteiger partial charge in [-0.1, -0.05) is 36.4 Å². The highest BCUT2D eigenvalue weighted by atomic mass is 16.2. The normalized spacial score (nSPS) is 18.6. The van der Waals surface area contributed by atoms with Crippen molar-refractivity contribution in [2.75, 3.05) is 26.2 Å². The Hall–Kier alpha value is -3.15. The van der Waals surface area contributed by atoms with E-state index in [0.717, 1.165) is 37.1 Å². The highest BCUT2D eigenvalue weighted by molar-refractivity contribution is 5.80. The highest BCUT2D eigenvalue weighted by Gasteiger charge is 2.40. The molecule has 1 aromatic carbocycles. The number of hydrogen-bond acceptors (Lipinski definition) is 3. The molecule has 2 saturated heterocycles. The van der Waals surface area contributed by atoms with Crippen molar-refractivity contribution in [1.29, 1.82) is 0 Å². The van der Waals surface area contributed by atoms with Crippen molar-refractivity contribution in [3.63, 3.8) is 0 Å². The van der Waals surface area contributed by atoms with E-state index in [1.165, 1.54) is 5.56 Å². The molecule has 6 nitrogen and oxygen atoms in total. The Labute approximate surface area is 182 Å². The summed E-state index contributed by atoms with van der Waals surface area (Å²) >= 11 is 0. The third-order valence-corrected chi connectivity index (χ3v) is 6.92. The molecular weight excluding hydrogens is 388 g/mol. The maximum atomic E-state index is 12.9. The molecule has 2 aromatic heterocycles. The first-order chi connectivity index (χ1) is 15.2. The van der Waals surface area contributed by atoms with Crippen LogP contribution in [0.5, 0.6) is 0 Å². The number of nitrogens with zero attached hydrogens (tertiary/aromatic N) is 4. The molecule has 0 atom stereocenters.